The lowest BCUT2D eigenvalue weighted by Crippen LogP contribution is -2.40. The maximum Gasteiger partial charge on any atom is 0.268 e. The highest BCUT2D eigenvalue weighted by Gasteiger charge is 2.32. The number of halogens is 1. The topological polar surface area (TPSA) is 54.5 Å². The molecule has 0 saturated heterocycles. The van der Waals surface area contributed by atoms with Crippen molar-refractivity contribution in [2.24, 2.45) is 0 Å². The molecule has 1 aromatic heterocycles. The summed E-state index contributed by atoms with van der Waals surface area (Å²) in [7, 11) is -3.26. The van der Waals surface area contributed by atoms with Crippen molar-refractivity contribution in [3.63, 3.8) is 0 Å². The van der Waals surface area contributed by atoms with E-state index in [9.17, 15) is 13.2 Å². The molecule has 0 radical (unpaired) electrons. The van der Waals surface area contributed by atoms with Crippen LogP contribution in [0, 0.1) is 0 Å². The van der Waals surface area contributed by atoms with E-state index in [2.05, 4.69) is 0 Å². The molecule has 0 saturated carbocycles. The first-order valence-corrected chi connectivity index (χ1v) is 9.47. The highest BCUT2D eigenvalue weighted by Crippen LogP contribution is 2.27. The summed E-state index contributed by atoms with van der Waals surface area (Å²) in [6.45, 7) is 0. The van der Waals surface area contributed by atoms with Crippen LogP contribution in [0.3, 0.4) is 0 Å². The molecule has 1 aliphatic rings. The lowest BCUT2D eigenvalue weighted by atomic mass is 10.2. The van der Waals surface area contributed by atoms with E-state index < -0.39 is 15.9 Å². The largest absolute Gasteiger partial charge is 0.300 e. The Morgan fingerprint density at radius 1 is 1.23 bits per heavy atom. The number of sulfone groups is 1. The van der Waals surface area contributed by atoms with Crippen LogP contribution in [0.25, 0.3) is 0 Å². The molecule has 0 N–H and O–H groups in total. The zero-order valence-electron chi connectivity index (χ0n) is 11.3. The maximum absolute atomic E-state index is 12.8. The summed E-state index contributed by atoms with van der Waals surface area (Å²) < 4.78 is 23.4. The van der Waals surface area contributed by atoms with Gasteiger partial charge in [0.1, 0.15) is 0 Å². The number of carbonyl (C=O) groups excluding carboxylic acids is 1. The number of hydrogen-bond acceptors (Lipinski definition) is 4. The Labute approximate surface area is 137 Å². The minimum absolute atomic E-state index is 0.104. The Hall–Kier alpha value is -1.63. The lowest BCUT2D eigenvalue weighted by Gasteiger charge is -2.27. The maximum atomic E-state index is 12.8. The summed E-state index contributed by atoms with van der Waals surface area (Å²) in [5.41, 5.74) is 0.620. The Balaban J connectivity index is 2.01. The van der Waals surface area contributed by atoms with Gasteiger partial charge in [-0.15, -0.1) is 11.3 Å². The van der Waals surface area contributed by atoms with Crippen molar-refractivity contribution >= 4 is 44.4 Å². The molecule has 3 rings (SSSR count). The van der Waals surface area contributed by atoms with E-state index in [4.69, 9.17) is 11.6 Å². The van der Waals surface area contributed by atoms with Gasteiger partial charge in [-0.1, -0.05) is 17.7 Å². The molecule has 1 amide bonds. The van der Waals surface area contributed by atoms with Crippen molar-refractivity contribution < 1.29 is 13.2 Å². The third kappa shape index (κ3) is 3.09. The number of thiophene rings is 1. The van der Waals surface area contributed by atoms with E-state index in [-0.39, 0.29) is 11.7 Å². The van der Waals surface area contributed by atoms with Crippen LogP contribution in [0.4, 0.5) is 5.69 Å². The van der Waals surface area contributed by atoms with Crippen molar-refractivity contribution in [3.8, 4) is 0 Å². The second-order valence-electron chi connectivity index (χ2n) is 4.85. The fraction of sp³-hybridized carbons (Fsp3) is 0.133. The van der Waals surface area contributed by atoms with Crippen LogP contribution in [-0.4, -0.2) is 26.1 Å². The fourth-order valence-electron chi connectivity index (χ4n) is 2.30. The van der Waals surface area contributed by atoms with Gasteiger partial charge in [0.25, 0.3) is 5.91 Å². The van der Waals surface area contributed by atoms with Gasteiger partial charge in [0.15, 0.2) is 9.84 Å². The highest BCUT2D eigenvalue weighted by atomic mass is 35.5. The normalized spacial score (nSPS) is 19.2. The summed E-state index contributed by atoms with van der Waals surface area (Å²) in [5.74, 6) is -0.323. The first kappa shape index (κ1) is 15.3. The van der Waals surface area contributed by atoms with E-state index >= 15 is 0 Å². The summed E-state index contributed by atoms with van der Waals surface area (Å²) in [6.07, 6.45) is 1.55. The quantitative estimate of drug-likeness (QED) is 0.850. The monoisotopic (exact) mass is 353 g/mol. The number of nitrogens with zero attached hydrogens (tertiary/aromatic N) is 1. The van der Waals surface area contributed by atoms with Crippen LogP contribution in [-0.2, 0) is 9.84 Å². The second kappa shape index (κ2) is 5.87. The molecule has 0 aliphatic carbocycles. The van der Waals surface area contributed by atoms with Gasteiger partial charge in [0.2, 0.25) is 0 Å². The molecular formula is C15H12ClNO3S2. The number of carbonyl (C=O) groups is 1. The summed E-state index contributed by atoms with van der Waals surface area (Å²) in [5, 5.41) is 3.54. The number of rotatable bonds is 3. The summed E-state index contributed by atoms with van der Waals surface area (Å²) in [6, 6.07) is 9.79. The number of hydrogen-bond donors (Lipinski definition) is 0. The van der Waals surface area contributed by atoms with Crippen molar-refractivity contribution in [1.82, 2.24) is 0 Å². The molecule has 7 heteroatoms. The molecule has 0 fully saturated rings. The van der Waals surface area contributed by atoms with E-state index in [1.54, 1.807) is 42.5 Å². The molecular weight excluding hydrogens is 342 g/mol. The fourth-order valence-corrected chi connectivity index (χ4v) is 4.35. The van der Waals surface area contributed by atoms with Crippen LogP contribution in [0.5, 0.6) is 0 Å². The minimum atomic E-state index is -3.26. The van der Waals surface area contributed by atoms with Gasteiger partial charge in [0.05, 0.1) is 16.7 Å². The first-order chi connectivity index (χ1) is 10.5. The molecule has 0 bridgehead atoms. The lowest BCUT2D eigenvalue weighted by molar-refractivity contribution is 0.0987. The summed E-state index contributed by atoms with van der Waals surface area (Å²) in [4.78, 5) is 14.8. The highest BCUT2D eigenvalue weighted by molar-refractivity contribution is 7.94. The molecule has 1 aromatic carbocycles. The minimum Gasteiger partial charge on any atom is -0.300 e. The Morgan fingerprint density at radius 3 is 2.50 bits per heavy atom. The van der Waals surface area contributed by atoms with E-state index in [0.29, 0.717) is 15.6 Å². The molecule has 1 atom stereocenters. The molecule has 2 heterocycles. The third-order valence-electron chi connectivity index (χ3n) is 3.30. The first-order valence-electron chi connectivity index (χ1n) is 6.50. The molecule has 0 unspecified atom stereocenters. The molecule has 1 aliphatic heterocycles. The third-order valence-corrected chi connectivity index (χ3v) is 5.79. The average Bonchev–Trinajstić information content (AvgIpc) is 3.11. The molecule has 2 aromatic rings. The van der Waals surface area contributed by atoms with Gasteiger partial charge in [-0.2, -0.15) is 0 Å². The second-order valence-corrected chi connectivity index (χ2v) is 8.17. The van der Waals surface area contributed by atoms with Crippen molar-refractivity contribution in [1.29, 1.82) is 0 Å². The molecule has 0 spiro atoms. The van der Waals surface area contributed by atoms with Gasteiger partial charge >= 0.3 is 0 Å². The van der Waals surface area contributed by atoms with Crippen LogP contribution >= 0.6 is 22.9 Å². The predicted octanol–water partition coefficient (Wildman–Crippen LogP) is 3.36. The standard InChI is InChI=1S/C15H12ClNO3S2/c16-11-3-5-12(6-4-11)17(13-7-9-22(19,20)10-13)15(18)14-2-1-8-21-14/h1-9,13H,10H2/t13-/m1/s1. The van der Waals surface area contributed by atoms with E-state index in [0.717, 1.165) is 0 Å². The Morgan fingerprint density at radius 2 is 1.95 bits per heavy atom. The van der Waals surface area contributed by atoms with Crippen LogP contribution in [0.15, 0.2) is 53.3 Å². The van der Waals surface area contributed by atoms with Crippen molar-refractivity contribution in [2.45, 2.75) is 6.04 Å². The van der Waals surface area contributed by atoms with Gasteiger partial charge < -0.3 is 0 Å². The van der Waals surface area contributed by atoms with Gasteiger partial charge in [-0.3, -0.25) is 9.69 Å². The zero-order chi connectivity index (χ0) is 15.7. The smallest absolute Gasteiger partial charge is 0.268 e. The van der Waals surface area contributed by atoms with Crippen LogP contribution in [0.1, 0.15) is 9.67 Å². The predicted molar refractivity (Wildman–Crippen MR) is 89.3 cm³/mol. The molecule has 114 valence electrons. The van der Waals surface area contributed by atoms with Gasteiger partial charge in [-0.05, 0) is 41.8 Å². The summed E-state index contributed by atoms with van der Waals surface area (Å²) >= 11 is 7.21. The molecule has 22 heavy (non-hydrogen) atoms. The average molecular weight is 354 g/mol. The van der Waals surface area contributed by atoms with Gasteiger partial charge in [0, 0.05) is 16.1 Å². The Kier molecular flexibility index (Phi) is 4.08. The SMILES string of the molecule is O=C(c1cccs1)N(c1ccc(Cl)cc1)[C@@H]1C=CS(=O)(=O)C1. The van der Waals surface area contributed by atoms with Crippen molar-refractivity contribution in [2.75, 3.05) is 10.7 Å². The molecule has 4 nitrogen and oxygen atoms in total. The van der Waals surface area contributed by atoms with E-state index in [1.807, 2.05) is 5.38 Å². The van der Waals surface area contributed by atoms with Gasteiger partial charge in [-0.25, -0.2) is 8.42 Å². The van der Waals surface area contributed by atoms with Crippen LogP contribution in [0.2, 0.25) is 5.02 Å². The Bertz CT molecular complexity index is 811. The number of amides is 1. The zero-order valence-corrected chi connectivity index (χ0v) is 13.7. The number of benzene rings is 1. The van der Waals surface area contributed by atoms with E-state index in [1.165, 1.54) is 21.6 Å². The van der Waals surface area contributed by atoms with Crippen LogP contribution < -0.4 is 4.90 Å². The number of anilines is 1. The van der Waals surface area contributed by atoms with Crippen molar-refractivity contribution in [3.05, 3.63) is 63.2 Å².